The molecule has 0 aliphatic carbocycles. The Bertz CT molecular complexity index is 543. The molecule has 0 aliphatic rings. The smallest absolute Gasteiger partial charge is 0.128 e. The highest BCUT2D eigenvalue weighted by Crippen LogP contribution is 2.16. The molecule has 2 aromatic carbocycles. The van der Waals surface area contributed by atoms with E-state index in [0.29, 0.717) is 16.8 Å². The average molecular weight is 249 g/mol. The lowest BCUT2D eigenvalue weighted by atomic mass is 10.2. The fourth-order valence-electron chi connectivity index (χ4n) is 1.58. The monoisotopic (exact) mass is 249 g/mol. The maximum absolute atomic E-state index is 13.3. The summed E-state index contributed by atoms with van der Waals surface area (Å²) in [5.41, 5.74) is 7.15. The summed E-state index contributed by atoms with van der Waals surface area (Å²) in [5.74, 6) is -0.685. The van der Waals surface area contributed by atoms with Gasteiger partial charge in [-0.2, -0.15) is 0 Å². The van der Waals surface area contributed by atoms with Gasteiger partial charge < -0.3 is 10.5 Å². The zero-order valence-electron chi connectivity index (χ0n) is 9.70. The Kier molecular flexibility index (Phi) is 3.89. The molecule has 18 heavy (non-hydrogen) atoms. The fraction of sp³-hybridized carbons (Fsp3) is 0.143. The first kappa shape index (κ1) is 12.5. The molecule has 0 aromatic heterocycles. The molecule has 0 unspecified atom stereocenters. The van der Waals surface area contributed by atoms with Crippen LogP contribution < -0.4 is 5.73 Å². The molecule has 4 heteroatoms. The van der Waals surface area contributed by atoms with Gasteiger partial charge in [0.15, 0.2) is 0 Å². The highest BCUT2D eigenvalue weighted by Gasteiger charge is 2.03. The predicted molar refractivity (Wildman–Crippen MR) is 65.7 cm³/mol. The van der Waals surface area contributed by atoms with Crippen LogP contribution in [-0.2, 0) is 18.0 Å². The Morgan fingerprint density at radius 3 is 2.39 bits per heavy atom. The second-order valence-electron chi connectivity index (χ2n) is 3.93. The quantitative estimate of drug-likeness (QED) is 0.844. The van der Waals surface area contributed by atoms with Crippen molar-refractivity contribution in [3.8, 4) is 0 Å². The van der Waals surface area contributed by atoms with E-state index in [1.807, 2.05) is 0 Å². The van der Waals surface area contributed by atoms with Crippen molar-refractivity contribution in [2.45, 2.75) is 13.2 Å². The number of hydrogen-bond acceptors (Lipinski definition) is 2. The van der Waals surface area contributed by atoms with E-state index in [4.69, 9.17) is 10.5 Å². The van der Waals surface area contributed by atoms with Crippen molar-refractivity contribution in [1.82, 2.24) is 0 Å². The maximum atomic E-state index is 13.3. The van der Waals surface area contributed by atoms with Gasteiger partial charge in [0.1, 0.15) is 11.6 Å². The minimum Gasteiger partial charge on any atom is -0.398 e. The van der Waals surface area contributed by atoms with Crippen LogP contribution in [0.15, 0.2) is 42.5 Å². The normalized spacial score (nSPS) is 10.6. The second kappa shape index (κ2) is 5.60. The summed E-state index contributed by atoms with van der Waals surface area (Å²) in [4.78, 5) is 0. The standard InChI is InChI=1S/C14H13F2NO/c15-12-6-5-11(14(17)7-12)9-18-8-10-3-1-2-4-13(10)16/h1-7H,8-9,17H2. The molecular weight excluding hydrogens is 236 g/mol. The molecule has 0 spiro atoms. The molecule has 2 nitrogen and oxygen atoms in total. The van der Waals surface area contributed by atoms with Crippen LogP contribution in [0.5, 0.6) is 0 Å². The Morgan fingerprint density at radius 1 is 0.944 bits per heavy atom. The Morgan fingerprint density at radius 2 is 1.67 bits per heavy atom. The van der Waals surface area contributed by atoms with Crippen LogP contribution in [0.1, 0.15) is 11.1 Å². The van der Waals surface area contributed by atoms with Gasteiger partial charge in [0.2, 0.25) is 0 Å². The highest BCUT2D eigenvalue weighted by atomic mass is 19.1. The third-order valence-electron chi connectivity index (χ3n) is 2.58. The maximum Gasteiger partial charge on any atom is 0.128 e. The molecular formula is C14H13F2NO. The summed E-state index contributed by atoms with van der Waals surface area (Å²) in [5, 5.41) is 0. The van der Waals surface area contributed by atoms with Gasteiger partial charge in [0.05, 0.1) is 13.2 Å². The molecule has 0 atom stereocenters. The van der Waals surface area contributed by atoms with Crippen molar-refractivity contribution in [1.29, 1.82) is 0 Å². The number of nitrogen functional groups attached to an aromatic ring is 1. The van der Waals surface area contributed by atoms with Gasteiger partial charge in [-0.3, -0.25) is 0 Å². The largest absolute Gasteiger partial charge is 0.398 e. The number of anilines is 1. The van der Waals surface area contributed by atoms with E-state index in [2.05, 4.69) is 0 Å². The summed E-state index contributed by atoms with van der Waals surface area (Å²) in [6, 6.07) is 10.5. The number of hydrogen-bond donors (Lipinski definition) is 1. The van der Waals surface area contributed by atoms with Gasteiger partial charge in [0.25, 0.3) is 0 Å². The Labute approximate surface area is 104 Å². The lowest BCUT2D eigenvalue weighted by Crippen LogP contribution is -2.00. The lowest BCUT2D eigenvalue weighted by Gasteiger charge is -2.07. The van der Waals surface area contributed by atoms with E-state index in [9.17, 15) is 8.78 Å². The molecule has 0 radical (unpaired) electrons. The van der Waals surface area contributed by atoms with E-state index in [1.165, 1.54) is 18.2 Å². The van der Waals surface area contributed by atoms with Crippen LogP contribution in [0.4, 0.5) is 14.5 Å². The van der Waals surface area contributed by atoms with Crippen molar-refractivity contribution >= 4 is 5.69 Å². The number of benzene rings is 2. The van der Waals surface area contributed by atoms with E-state index in [0.717, 1.165) is 0 Å². The van der Waals surface area contributed by atoms with Crippen LogP contribution in [-0.4, -0.2) is 0 Å². The molecule has 0 aliphatic heterocycles. The highest BCUT2D eigenvalue weighted by molar-refractivity contribution is 5.46. The van der Waals surface area contributed by atoms with Crippen LogP contribution in [0.25, 0.3) is 0 Å². The molecule has 0 bridgehead atoms. The van der Waals surface area contributed by atoms with Crippen molar-refractivity contribution in [3.05, 3.63) is 65.2 Å². The summed E-state index contributed by atoms with van der Waals surface area (Å²) in [6.45, 7) is 0.379. The SMILES string of the molecule is Nc1cc(F)ccc1COCc1ccccc1F. The van der Waals surface area contributed by atoms with E-state index in [-0.39, 0.29) is 24.8 Å². The zero-order chi connectivity index (χ0) is 13.0. The first-order chi connectivity index (χ1) is 8.66. The third-order valence-corrected chi connectivity index (χ3v) is 2.58. The van der Waals surface area contributed by atoms with Gasteiger partial charge in [0, 0.05) is 16.8 Å². The number of rotatable bonds is 4. The zero-order valence-corrected chi connectivity index (χ0v) is 9.70. The summed E-state index contributed by atoms with van der Waals surface area (Å²) >= 11 is 0. The number of halogens is 2. The first-order valence-corrected chi connectivity index (χ1v) is 5.52. The molecule has 2 rings (SSSR count). The van der Waals surface area contributed by atoms with E-state index >= 15 is 0 Å². The van der Waals surface area contributed by atoms with E-state index in [1.54, 1.807) is 24.3 Å². The third kappa shape index (κ3) is 3.05. The number of nitrogens with two attached hydrogens (primary N) is 1. The minimum absolute atomic E-state index is 0.156. The summed E-state index contributed by atoms with van der Waals surface area (Å²) < 4.78 is 31.5. The van der Waals surface area contributed by atoms with Gasteiger partial charge in [-0.1, -0.05) is 24.3 Å². The van der Waals surface area contributed by atoms with Gasteiger partial charge in [-0.25, -0.2) is 8.78 Å². The van der Waals surface area contributed by atoms with Gasteiger partial charge >= 0.3 is 0 Å². The molecule has 0 fully saturated rings. The number of ether oxygens (including phenoxy) is 1. The molecule has 0 amide bonds. The van der Waals surface area contributed by atoms with Crippen LogP contribution in [0.2, 0.25) is 0 Å². The van der Waals surface area contributed by atoms with Gasteiger partial charge in [-0.15, -0.1) is 0 Å². The van der Waals surface area contributed by atoms with Crippen LogP contribution in [0.3, 0.4) is 0 Å². The molecule has 0 heterocycles. The second-order valence-corrected chi connectivity index (χ2v) is 3.93. The van der Waals surface area contributed by atoms with Crippen molar-refractivity contribution < 1.29 is 13.5 Å². The minimum atomic E-state index is -0.384. The van der Waals surface area contributed by atoms with E-state index < -0.39 is 0 Å². The summed E-state index contributed by atoms with van der Waals surface area (Å²) in [6.07, 6.45) is 0. The molecule has 0 saturated carbocycles. The topological polar surface area (TPSA) is 35.2 Å². The van der Waals surface area contributed by atoms with Crippen LogP contribution in [0, 0.1) is 11.6 Å². The van der Waals surface area contributed by atoms with Gasteiger partial charge in [-0.05, 0) is 18.2 Å². The molecule has 0 saturated heterocycles. The van der Waals surface area contributed by atoms with Crippen molar-refractivity contribution in [2.24, 2.45) is 0 Å². The molecule has 94 valence electrons. The predicted octanol–water partition coefficient (Wildman–Crippen LogP) is 3.26. The molecule has 2 N–H and O–H groups in total. The Hall–Kier alpha value is -1.94. The fourth-order valence-corrected chi connectivity index (χ4v) is 1.58. The Balaban J connectivity index is 1.95. The average Bonchev–Trinajstić information content (AvgIpc) is 2.34. The lowest BCUT2D eigenvalue weighted by molar-refractivity contribution is 0.105. The first-order valence-electron chi connectivity index (χ1n) is 5.52. The summed E-state index contributed by atoms with van der Waals surface area (Å²) in [7, 11) is 0. The van der Waals surface area contributed by atoms with Crippen LogP contribution >= 0.6 is 0 Å². The molecule has 2 aromatic rings. The van der Waals surface area contributed by atoms with Crippen molar-refractivity contribution in [3.63, 3.8) is 0 Å². The van der Waals surface area contributed by atoms with Crippen molar-refractivity contribution in [2.75, 3.05) is 5.73 Å².